The zero-order chi connectivity index (χ0) is 13.7. The van der Waals surface area contributed by atoms with Crippen molar-refractivity contribution in [3.05, 3.63) is 24.0 Å². The third-order valence-corrected chi connectivity index (χ3v) is 3.15. The molecule has 0 aromatic carbocycles. The molecule has 1 N–H and O–H groups in total. The van der Waals surface area contributed by atoms with Crippen LogP contribution < -0.4 is 5.32 Å². The third-order valence-electron chi connectivity index (χ3n) is 3.15. The van der Waals surface area contributed by atoms with E-state index in [4.69, 9.17) is 4.74 Å². The zero-order valence-corrected chi connectivity index (χ0v) is 11.3. The fourth-order valence-corrected chi connectivity index (χ4v) is 2.17. The van der Waals surface area contributed by atoms with E-state index in [0.29, 0.717) is 32.7 Å². The highest BCUT2D eigenvalue weighted by atomic mass is 16.5. The molecule has 6 heteroatoms. The minimum absolute atomic E-state index is 0.0624. The van der Waals surface area contributed by atoms with E-state index >= 15 is 0 Å². The van der Waals surface area contributed by atoms with E-state index in [2.05, 4.69) is 22.2 Å². The maximum Gasteiger partial charge on any atom is 0.223 e. The van der Waals surface area contributed by atoms with E-state index in [1.165, 1.54) is 0 Å². The monoisotopic (exact) mass is 264 g/mol. The number of ether oxygens (including phenoxy) is 1. The minimum atomic E-state index is -0.0624. The van der Waals surface area contributed by atoms with Crippen LogP contribution in [0.4, 0.5) is 0 Å². The molecular weight excluding hydrogens is 244 g/mol. The van der Waals surface area contributed by atoms with Crippen molar-refractivity contribution in [2.75, 3.05) is 13.2 Å². The van der Waals surface area contributed by atoms with Gasteiger partial charge in [-0.15, -0.1) is 11.7 Å². The lowest BCUT2D eigenvalue weighted by molar-refractivity contribution is -0.125. The molecule has 0 spiro atoms. The number of rotatable bonds is 2. The first-order chi connectivity index (χ1) is 9.16. The molecule has 1 atom stereocenters. The van der Waals surface area contributed by atoms with E-state index in [1.54, 1.807) is 6.20 Å². The molecule has 1 aliphatic heterocycles. The summed E-state index contributed by atoms with van der Waals surface area (Å²) >= 11 is 0. The van der Waals surface area contributed by atoms with Crippen LogP contribution in [-0.2, 0) is 22.7 Å². The average molecular weight is 264 g/mol. The topological polar surface area (TPSA) is 69.0 Å². The van der Waals surface area contributed by atoms with Gasteiger partial charge in [-0.3, -0.25) is 4.79 Å². The maximum absolute atomic E-state index is 12.1. The second kappa shape index (κ2) is 6.47. The van der Waals surface area contributed by atoms with Crippen LogP contribution in [0.3, 0.4) is 0 Å². The number of aryl methyl sites for hydroxylation is 1. The third kappa shape index (κ3) is 3.89. The van der Waals surface area contributed by atoms with Gasteiger partial charge in [0.1, 0.15) is 0 Å². The number of carbonyl (C=O) groups excluding carboxylic acids is 1. The first kappa shape index (κ1) is 13.7. The predicted octanol–water partition coefficient (Wildman–Crippen LogP) is 0.897. The Balaban J connectivity index is 2.09. The summed E-state index contributed by atoms with van der Waals surface area (Å²) in [7, 11) is 0. The number of hydrogen-bond acceptors (Lipinski definition) is 4. The number of carbonyl (C=O) groups is 1. The van der Waals surface area contributed by atoms with Gasteiger partial charge in [-0.2, -0.15) is 0 Å². The number of aromatic nitrogens is 3. The second-order valence-corrected chi connectivity index (χ2v) is 4.94. The highest BCUT2D eigenvalue weighted by Gasteiger charge is 2.19. The van der Waals surface area contributed by atoms with E-state index < -0.39 is 0 Å². The fraction of sp³-hybridized carbons (Fsp3) is 0.615. The smallest absolute Gasteiger partial charge is 0.223 e. The second-order valence-electron chi connectivity index (χ2n) is 4.94. The molecule has 2 rings (SSSR count). The van der Waals surface area contributed by atoms with E-state index in [1.807, 2.05) is 11.6 Å². The molecule has 0 saturated carbocycles. The highest BCUT2D eigenvalue weighted by molar-refractivity contribution is 5.78. The van der Waals surface area contributed by atoms with Crippen molar-refractivity contribution >= 4 is 5.91 Å². The molecule has 0 aliphatic carbocycles. The van der Waals surface area contributed by atoms with Crippen molar-refractivity contribution in [3.8, 4) is 0 Å². The van der Waals surface area contributed by atoms with Gasteiger partial charge in [0.15, 0.2) is 0 Å². The Labute approximate surface area is 112 Å². The predicted molar refractivity (Wildman–Crippen MR) is 70.2 cm³/mol. The molecule has 1 aromatic rings. The fourth-order valence-electron chi connectivity index (χ4n) is 2.17. The Kier molecular flexibility index (Phi) is 4.68. The molecule has 0 saturated heterocycles. The van der Waals surface area contributed by atoms with Crippen molar-refractivity contribution in [1.82, 2.24) is 20.3 Å². The molecule has 19 heavy (non-hydrogen) atoms. The Morgan fingerprint density at radius 3 is 3.32 bits per heavy atom. The van der Waals surface area contributed by atoms with E-state index in [-0.39, 0.29) is 11.8 Å². The minimum Gasteiger partial charge on any atom is -0.373 e. The molecule has 0 unspecified atom stereocenters. The van der Waals surface area contributed by atoms with Gasteiger partial charge in [0.05, 0.1) is 25.1 Å². The van der Waals surface area contributed by atoms with Crippen LogP contribution in [0.1, 0.15) is 25.5 Å². The van der Waals surface area contributed by atoms with Gasteiger partial charge in [0, 0.05) is 19.0 Å². The van der Waals surface area contributed by atoms with E-state index in [9.17, 15) is 4.79 Å². The number of amides is 1. The molecule has 1 aromatic heterocycles. The lowest BCUT2D eigenvalue weighted by atomic mass is 9.96. The lowest BCUT2D eigenvalue weighted by Crippen LogP contribution is -2.33. The van der Waals surface area contributed by atoms with Crippen LogP contribution in [0.5, 0.6) is 0 Å². The molecule has 104 valence electrons. The largest absolute Gasteiger partial charge is 0.373 e. The van der Waals surface area contributed by atoms with Crippen LogP contribution in [0, 0.1) is 5.92 Å². The molecule has 2 heterocycles. The molecule has 0 radical (unpaired) electrons. The number of nitrogens with zero attached hydrogens (tertiary/aromatic N) is 3. The van der Waals surface area contributed by atoms with Crippen molar-refractivity contribution in [2.45, 2.75) is 32.9 Å². The number of allylic oxidation sites excluding steroid dienone is 1. The lowest BCUT2D eigenvalue weighted by Gasteiger charge is -2.16. The Bertz CT molecular complexity index is 455. The van der Waals surface area contributed by atoms with E-state index in [0.717, 1.165) is 17.7 Å². The van der Waals surface area contributed by atoms with Gasteiger partial charge in [-0.25, -0.2) is 4.68 Å². The zero-order valence-electron chi connectivity index (χ0n) is 11.3. The first-order valence-electron chi connectivity index (χ1n) is 6.54. The molecule has 1 aliphatic rings. The summed E-state index contributed by atoms with van der Waals surface area (Å²) in [6.07, 6.45) is 3.15. The molecule has 1 amide bonds. The van der Waals surface area contributed by atoms with Crippen molar-refractivity contribution in [1.29, 1.82) is 0 Å². The summed E-state index contributed by atoms with van der Waals surface area (Å²) < 4.78 is 7.29. The van der Waals surface area contributed by atoms with Gasteiger partial charge in [-0.05, 0) is 19.8 Å². The van der Waals surface area contributed by atoms with Crippen molar-refractivity contribution in [3.63, 3.8) is 0 Å². The summed E-state index contributed by atoms with van der Waals surface area (Å²) in [6.45, 7) is 8.02. The summed E-state index contributed by atoms with van der Waals surface area (Å²) in [4.78, 5) is 12.1. The Hall–Kier alpha value is -1.69. The van der Waals surface area contributed by atoms with Crippen LogP contribution in [-0.4, -0.2) is 34.1 Å². The molecule has 0 bridgehead atoms. The number of nitrogens with one attached hydrogen (secondary N) is 1. The van der Waals surface area contributed by atoms with Gasteiger partial charge in [0.2, 0.25) is 5.91 Å². The average Bonchev–Trinajstić information content (AvgIpc) is 2.79. The maximum atomic E-state index is 12.1. The van der Waals surface area contributed by atoms with Crippen LogP contribution in [0.2, 0.25) is 0 Å². The molecule has 0 fully saturated rings. The first-order valence-corrected chi connectivity index (χ1v) is 6.54. The quantitative estimate of drug-likeness (QED) is 0.806. The summed E-state index contributed by atoms with van der Waals surface area (Å²) in [5, 5.41) is 10.8. The summed E-state index contributed by atoms with van der Waals surface area (Å²) in [5.41, 5.74) is 1.97. The number of hydrogen-bond donors (Lipinski definition) is 1. The van der Waals surface area contributed by atoms with Crippen LogP contribution in [0.15, 0.2) is 18.3 Å². The van der Waals surface area contributed by atoms with Crippen LogP contribution >= 0.6 is 0 Å². The molecule has 6 nitrogen and oxygen atoms in total. The Morgan fingerprint density at radius 1 is 1.68 bits per heavy atom. The molecular formula is C13H20N4O2. The van der Waals surface area contributed by atoms with Gasteiger partial charge < -0.3 is 10.1 Å². The van der Waals surface area contributed by atoms with Gasteiger partial charge >= 0.3 is 0 Å². The highest BCUT2D eigenvalue weighted by Crippen LogP contribution is 2.16. The van der Waals surface area contributed by atoms with Crippen LogP contribution in [0.25, 0.3) is 0 Å². The van der Waals surface area contributed by atoms with Crippen molar-refractivity contribution < 1.29 is 9.53 Å². The van der Waals surface area contributed by atoms with Crippen molar-refractivity contribution in [2.24, 2.45) is 5.92 Å². The number of fused-ring (bicyclic) bond motifs is 1. The SMILES string of the molecule is C=C(C)C[C@@H]1CCn2nncc2COCCNC1=O. The Morgan fingerprint density at radius 2 is 2.53 bits per heavy atom. The van der Waals surface area contributed by atoms with Gasteiger partial charge in [-0.1, -0.05) is 10.8 Å². The van der Waals surface area contributed by atoms with Gasteiger partial charge in [0.25, 0.3) is 0 Å². The summed E-state index contributed by atoms with van der Waals surface area (Å²) in [6, 6.07) is 0. The normalized spacial score (nSPS) is 21.1. The summed E-state index contributed by atoms with van der Waals surface area (Å²) in [5.74, 6) is 0.00261. The standard InChI is InChI=1S/C13H20N4O2/c1-10(2)7-11-3-5-17-12(8-15-16-17)9-19-6-4-14-13(11)18/h8,11H,1,3-7,9H2,2H3,(H,14,18)/t11-/m0/s1.